The standard InChI is InChI=1S/C16H17F3N4O2S/c1-10(24)20-8-14-23-13(9-26-14)7-22-15(25)21-6-11-3-2-4-12(5-11)16(17,18)19/h2-5,9H,6-8H2,1H3,(H,20,24)(H2,21,22,25). The van der Waals surface area contributed by atoms with E-state index in [0.29, 0.717) is 22.8 Å². The topological polar surface area (TPSA) is 83.1 Å². The lowest BCUT2D eigenvalue weighted by atomic mass is 10.1. The third-order valence-electron chi connectivity index (χ3n) is 3.23. The highest BCUT2D eigenvalue weighted by atomic mass is 32.1. The summed E-state index contributed by atoms with van der Waals surface area (Å²) >= 11 is 1.35. The fourth-order valence-corrected chi connectivity index (χ4v) is 2.72. The van der Waals surface area contributed by atoms with Gasteiger partial charge in [-0.2, -0.15) is 13.2 Å². The number of alkyl halides is 3. The van der Waals surface area contributed by atoms with E-state index < -0.39 is 17.8 Å². The molecule has 0 saturated heterocycles. The van der Waals surface area contributed by atoms with E-state index in [0.717, 1.165) is 12.1 Å². The van der Waals surface area contributed by atoms with E-state index >= 15 is 0 Å². The Morgan fingerprint density at radius 1 is 1.12 bits per heavy atom. The molecule has 6 nitrogen and oxygen atoms in total. The van der Waals surface area contributed by atoms with E-state index in [-0.39, 0.29) is 19.0 Å². The molecule has 26 heavy (non-hydrogen) atoms. The molecule has 1 aromatic heterocycles. The number of halogens is 3. The number of rotatable bonds is 6. The summed E-state index contributed by atoms with van der Waals surface area (Å²) in [6.07, 6.45) is -4.42. The molecule has 0 aliphatic heterocycles. The predicted molar refractivity (Wildman–Crippen MR) is 90.2 cm³/mol. The molecule has 0 spiro atoms. The number of carbonyl (C=O) groups excluding carboxylic acids is 2. The molecular formula is C16H17F3N4O2S. The van der Waals surface area contributed by atoms with Crippen LogP contribution in [-0.4, -0.2) is 16.9 Å². The second-order valence-corrected chi connectivity index (χ2v) is 6.32. The molecule has 2 rings (SSSR count). The number of benzene rings is 1. The van der Waals surface area contributed by atoms with Crippen molar-refractivity contribution in [1.29, 1.82) is 0 Å². The fourth-order valence-electron chi connectivity index (χ4n) is 1.98. The smallest absolute Gasteiger partial charge is 0.350 e. The number of amides is 3. The summed E-state index contributed by atoms with van der Waals surface area (Å²) in [6.45, 7) is 1.87. The minimum atomic E-state index is -4.42. The molecule has 0 unspecified atom stereocenters. The zero-order valence-corrected chi connectivity index (χ0v) is 14.6. The summed E-state index contributed by atoms with van der Waals surface area (Å²) in [7, 11) is 0. The molecule has 2 aromatic rings. The first-order valence-electron chi connectivity index (χ1n) is 7.59. The van der Waals surface area contributed by atoms with E-state index in [2.05, 4.69) is 20.9 Å². The quantitative estimate of drug-likeness (QED) is 0.714. The number of hydrogen-bond donors (Lipinski definition) is 3. The highest BCUT2D eigenvalue weighted by molar-refractivity contribution is 7.09. The molecule has 3 N–H and O–H groups in total. The van der Waals surface area contributed by atoms with Crippen LogP contribution in [0.4, 0.5) is 18.0 Å². The third-order valence-corrected chi connectivity index (χ3v) is 4.12. The summed E-state index contributed by atoms with van der Waals surface area (Å²) in [5, 5.41) is 10.2. The van der Waals surface area contributed by atoms with Crippen LogP contribution < -0.4 is 16.0 Å². The Balaban J connectivity index is 1.78. The van der Waals surface area contributed by atoms with Gasteiger partial charge in [0, 0.05) is 18.8 Å². The molecule has 140 valence electrons. The van der Waals surface area contributed by atoms with Crippen LogP contribution in [0.5, 0.6) is 0 Å². The van der Waals surface area contributed by atoms with Crippen LogP contribution in [0.2, 0.25) is 0 Å². The van der Waals surface area contributed by atoms with Crippen molar-refractivity contribution >= 4 is 23.3 Å². The number of thiazole rings is 1. The van der Waals surface area contributed by atoms with Crippen LogP contribution in [0.15, 0.2) is 29.6 Å². The van der Waals surface area contributed by atoms with E-state index in [1.54, 1.807) is 5.38 Å². The van der Waals surface area contributed by atoms with Crippen LogP contribution >= 0.6 is 11.3 Å². The molecule has 0 fully saturated rings. The Bertz CT molecular complexity index is 777. The van der Waals surface area contributed by atoms with E-state index in [1.165, 1.54) is 30.4 Å². The normalized spacial score (nSPS) is 11.1. The molecule has 10 heteroatoms. The average molecular weight is 386 g/mol. The summed E-state index contributed by atoms with van der Waals surface area (Å²) in [4.78, 5) is 26.9. The first kappa shape index (κ1) is 19.7. The predicted octanol–water partition coefficient (Wildman–Crippen LogP) is 2.80. The van der Waals surface area contributed by atoms with Crippen LogP contribution in [-0.2, 0) is 30.6 Å². The zero-order chi connectivity index (χ0) is 19.2. The van der Waals surface area contributed by atoms with Gasteiger partial charge in [0.25, 0.3) is 0 Å². The van der Waals surface area contributed by atoms with Gasteiger partial charge in [-0.1, -0.05) is 12.1 Å². The zero-order valence-electron chi connectivity index (χ0n) is 13.8. The van der Waals surface area contributed by atoms with Crippen LogP contribution in [0.1, 0.15) is 28.8 Å². The molecular weight excluding hydrogens is 369 g/mol. The van der Waals surface area contributed by atoms with Gasteiger partial charge in [0.15, 0.2) is 0 Å². The van der Waals surface area contributed by atoms with Crippen molar-refractivity contribution in [3.63, 3.8) is 0 Å². The lowest BCUT2D eigenvalue weighted by molar-refractivity contribution is -0.137. The maximum Gasteiger partial charge on any atom is 0.416 e. The van der Waals surface area contributed by atoms with Gasteiger partial charge in [-0.15, -0.1) is 11.3 Å². The third kappa shape index (κ3) is 6.36. The fraction of sp³-hybridized carbons (Fsp3) is 0.312. The Morgan fingerprint density at radius 3 is 2.54 bits per heavy atom. The summed E-state index contributed by atoms with van der Waals surface area (Å²) in [5.41, 5.74) is 0.220. The van der Waals surface area contributed by atoms with Gasteiger partial charge >= 0.3 is 12.2 Å². The van der Waals surface area contributed by atoms with Gasteiger partial charge in [0.2, 0.25) is 5.91 Å². The van der Waals surface area contributed by atoms with Gasteiger partial charge < -0.3 is 16.0 Å². The van der Waals surface area contributed by atoms with Crippen molar-refractivity contribution in [2.75, 3.05) is 0 Å². The number of nitrogens with zero attached hydrogens (tertiary/aromatic N) is 1. The maximum absolute atomic E-state index is 12.6. The van der Waals surface area contributed by atoms with E-state index in [9.17, 15) is 22.8 Å². The van der Waals surface area contributed by atoms with Gasteiger partial charge in [-0.25, -0.2) is 9.78 Å². The van der Waals surface area contributed by atoms with Crippen LogP contribution in [0.25, 0.3) is 0 Å². The molecule has 0 bridgehead atoms. The lowest BCUT2D eigenvalue weighted by Gasteiger charge is -2.10. The van der Waals surface area contributed by atoms with E-state index in [4.69, 9.17) is 0 Å². The van der Waals surface area contributed by atoms with Crippen molar-refractivity contribution < 1.29 is 22.8 Å². The Labute approximate surface area is 151 Å². The molecule has 1 aromatic carbocycles. The molecule has 0 radical (unpaired) electrons. The Kier molecular flexibility index (Phi) is 6.56. The van der Waals surface area contributed by atoms with Gasteiger partial charge in [-0.3, -0.25) is 4.79 Å². The van der Waals surface area contributed by atoms with Gasteiger partial charge in [0.1, 0.15) is 5.01 Å². The van der Waals surface area contributed by atoms with Crippen LogP contribution in [0, 0.1) is 0 Å². The van der Waals surface area contributed by atoms with Gasteiger partial charge in [-0.05, 0) is 17.7 Å². The first-order valence-corrected chi connectivity index (χ1v) is 8.47. The monoisotopic (exact) mass is 386 g/mol. The second-order valence-electron chi connectivity index (χ2n) is 5.38. The Morgan fingerprint density at radius 2 is 1.85 bits per heavy atom. The molecule has 0 atom stereocenters. The number of aromatic nitrogens is 1. The first-order chi connectivity index (χ1) is 12.2. The molecule has 0 aliphatic carbocycles. The minimum Gasteiger partial charge on any atom is -0.350 e. The maximum atomic E-state index is 12.6. The lowest BCUT2D eigenvalue weighted by Crippen LogP contribution is -2.34. The van der Waals surface area contributed by atoms with Crippen molar-refractivity contribution in [2.45, 2.75) is 32.7 Å². The summed E-state index contributed by atoms with van der Waals surface area (Å²) in [6, 6.07) is 4.26. The largest absolute Gasteiger partial charge is 0.416 e. The summed E-state index contributed by atoms with van der Waals surface area (Å²) < 4.78 is 37.9. The number of urea groups is 1. The van der Waals surface area contributed by atoms with Crippen molar-refractivity contribution in [3.05, 3.63) is 51.5 Å². The van der Waals surface area contributed by atoms with Gasteiger partial charge in [0.05, 0.1) is 24.3 Å². The minimum absolute atomic E-state index is 0.0272. The SMILES string of the molecule is CC(=O)NCc1nc(CNC(=O)NCc2cccc(C(F)(F)F)c2)cs1. The average Bonchev–Trinajstić information content (AvgIpc) is 3.04. The molecule has 3 amide bonds. The van der Waals surface area contributed by atoms with Crippen molar-refractivity contribution in [3.8, 4) is 0 Å². The van der Waals surface area contributed by atoms with E-state index in [1.807, 2.05) is 0 Å². The summed E-state index contributed by atoms with van der Waals surface area (Å²) in [5.74, 6) is -0.158. The number of hydrogen-bond acceptors (Lipinski definition) is 4. The number of carbonyl (C=O) groups is 2. The molecule has 0 aliphatic rings. The Hall–Kier alpha value is -2.62. The van der Waals surface area contributed by atoms with Crippen LogP contribution in [0.3, 0.4) is 0 Å². The number of nitrogens with one attached hydrogen (secondary N) is 3. The second kappa shape index (κ2) is 8.65. The van der Waals surface area contributed by atoms with Crippen molar-refractivity contribution in [2.24, 2.45) is 0 Å². The van der Waals surface area contributed by atoms with Crippen molar-refractivity contribution in [1.82, 2.24) is 20.9 Å². The highest BCUT2D eigenvalue weighted by Crippen LogP contribution is 2.29. The highest BCUT2D eigenvalue weighted by Gasteiger charge is 2.30. The molecule has 1 heterocycles. The molecule has 0 saturated carbocycles.